The first-order chi connectivity index (χ1) is 16.7. The number of carbonyl (C=O) groups excluding carboxylic acids is 1. The van der Waals surface area contributed by atoms with E-state index in [2.05, 4.69) is 44.3 Å². The van der Waals surface area contributed by atoms with E-state index in [0.717, 1.165) is 44.1 Å². The third-order valence-corrected chi connectivity index (χ3v) is 11.4. The summed E-state index contributed by atoms with van der Waals surface area (Å²) in [5.74, 6) is 2.49. The van der Waals surface area contributed by atoms with Crippen LogP contribution in [0.3, 0.4) is 0 Å². The Kier molecular flexibility index (Phi) is 5.73. The summed E-state index contributed by atoms with van der Waals surface area (Å²) in [6, 6.07) is 9.99. The molecule has 0 amide bonds. The number of aliphatic hydroxyl groups excluding tert-OH is 1. The molecule has 1 unspecified atom stereocenters. The minimum absolute atomic E-state index is 0.0816. The molecule has 4 nitrogen and oxygen atoms in total. The smallest absolute Gasteiger partial charge is 0.324 e. The van der Waals surface area contributed by atoms with E-state index in [1.807, 2.05) is 18.2 Å². The van der Waals surface area contributed by atoms with Gasteiger partial charge in [0.05, 0.1) is 6.10 Å². The normalized spacial score (nSPS) is 47.2. The van der Waals surface area contributed by atoms with Crippen LogP contribution in [0.5, 0.6) is 0 Å². The van der Waals surface area contributed by atoms with Crippen molar-refractivity contribution in [1.29, 1.82) is 0 Å². The van der Waals surface area contributed by atoms with Gasteiger partial charge in [0.1, 0.15) is 11.6 Å². The number of esters is 1. The number of fused-ring (bicyclic) bond motifs is 5. The van der Waals surface area contributed by atoms with E-state index < -0.39 is 5.60 Å². The van der Waals surface area contributed by atoms with Crippen molar-refractivity contribution in [3.63, 3.8) is 0 Å². The maximum absolute atomic E-state index is 13.2. The number of cyclic esters (lactones) is 1. The van der Waals surface area contributed by atoms with Crippen molar-refractivity contribution in [1.82, 2.24) is 5.32 Å². The van der Waals surface area contributed by atoms with Crippen molar-refractivity contribution in [2.75, 3.05) is 6.54 Å². The largest absolute Gasteiger partial charge is 0.457 e. The van der Waals surface area contributed by atoms with Gasteiger partial charge in [0.15, 0.2) is 0 Å². The van der Waals surface area contributed by atoms with Crippen LogP contribution in [0.2, 0.25) is 0 Å². The van der Waals surface area contributed by atoms with Gasteiger partial charge in [0.25, 0.3) is 0 Å². The maximum atomic E-state index is 13.2. The van der Waals surface area contributed by atoms with E-state index in [1.54, 1.807) is 0 Å². The van der Waals surface area contributed by atoms with Crippen LogP contribution in [-0.4, -0.2) is 35.4 Å². The Hall–Kier alpha value is -1.65. The second kappa shape index (κ2) is 8.45. The van der Waals surface area contributed by atoms with Crippen LogP contribution in [0.15, 0.2) is 42.0 Å². The number of carbonyl (C=O) groups is 1. The molecule has 1 saturated heterocycles. The summed E-state index contributed by atoms with van der Waals surface area (Å²) in [7, 11) is 0. The Morgan fingerprint density at radius 3 is 2.60 bits per heavy atom. The highest BCUT2D eigenvalue weighted by molar-refractivity contribution is 5.77. The van der Waals surface area contributed by atoms with Crippen LogP contribution < -0.4 is 5.32 Å². The number of aliphatic hydroxyl groups is 1. The standard InChI is InChI=1S/C31H43NO3/c1-29-15-13-22(33)18-21(29)9-10-23-24-11-12-27(30(24,2)16-14-25(23)29)31(3)19-32-26(28(34)35-31)17-20-7-5-4-6-8-20/h4-9,22-27,32-33H,10-19H2,1-3H3/t22-,23+,24+,25+,26+,27?,29+,30+,31+/m1/s1. The monoisotopic (exact) mass is 477 g/mol. The second-order valence-corrected chi connectivity index (χ2v) is 13.2. The lowest BCUT2D eigenvalue weighted by Crippen LogP contribution is -2.62. The number of morpholine rings is 1. The predicted octanol–water partition coefficient (Wildman–Crippen LogP) is 5.44. The summed E-state index contributed by atoms with van der Waals surface area (Å²) in [6.45, 7) is 7.96. The highest BCUT2D eigenvalue weighted by Crippen LogP contribution is 2.67. The third kappa shape index (κ3) is 3.73. The van der Waals surface area contributed by atoms with Crippen LogP contribution in [0.1, 0.15) is 77.7 Å². The highest BCUT2D eigenvalue weighted by atomic mass is 16.6. The van der Waals surface area contributed by atoms with E-state index in [9.17, 15) is 9.90 Å². The average Bonchev–Trinajstić information content (AvgIpc) is 3.20. The van der Waals surface area contributed by atoms with Gasteiger partial charge in [0.2, 0.25) is 0 Å². The number of ether oxygens (including phenoxy) is 1. The molecule has 9 atom stereocenters. The topological polar surface area (TPSA) is 58.6 Å². The summed E-state index contributed by atoms with van der Waals surface area (Å²) in [5, 5.41) is 13.9. The zero-order valence-electron chi connectivity index (χ0n) is 21.8. The van der Waals surface area contributed by atoms with Crippen molar-refractivity contribution >= 4 is 5.97 Å². The number of allylic oxidation sites excluding steroid dienone is 1. The average molecular weight is 478 g/mol. The Labute approximate surface area is 210 Å². The summed E-state index contributed by atoms with van der Waals surface area (Å²) in [5.41, 5.74) is 2.77. The lowest BCUT2D eigenvalue weighted by atomic mass is 9.46. The zero-order valence-corrected chi connectivity index (χ0v) is 21.8. The van der Waals surface area contributed by atoms with Crippen LogP contribution in [0.4, 0.5) is 0 Å². The molecule has 1 heterocycles. The lowest BCUT2D eigenvalue weighted by Gasteiger charge is -2.59. The molecule has 4 heteroatoms. The molecule has 35 heavy (non-hydrogen) atoms. The Bertz CT molecular complexity index is 1010. The molecule has 1 aliphatic heterocycles. The van der Waals surface area contributed by atoms with Crippen LogP contribution in [-0.2, 0) is 16.0 Å². The van der Waals surface area contributed by atoms with Crippen molar-refractivity contribution in [2.45, 2.75) is 96.3 Å². The lowest BCUT2D eigenvalue weighted by molar-refractivity contribution is -0.184. The molecule has 4 aliphatic carbocycles. The molecular formula is C31H43NO3. The Balaban J connectivity index is 1.19. The number of hydrogen-bond donors (Lipinski definition) is 2. The van der Waals surface area contributed by atoms with E-state index >= 15 is 0 Å². The molecule has 190 valence electrons. The van der Waals surface area contributed by atoms with Crippen molar-refractivity contribution < 1.29 is 14.6 Å². The summed E-state index contributed by atoms with van der Waals surface area (Å²) < 4.78 is 6.37. The molecule has 4 fully saturated rings. The minimum atomic E-state index is -0.435. The van der Waals surface area contributed by atoms with Crippen LogP contribution in [0, 0.1) is 34.5 Å². The van der Waals surface area contributed by atoms with Gasteiger partial charge in [-0.1, -0.05) is 55.8 Å². The molecule has 3 saturated carbocycles. The van der Waals surface area contributed by atoms with Crippen LogP contribution in [0.25, 0.3) is 0 Å². The fraction of sp³-hybridized carbons (Fsp3) is 0.710. The fourth-order valence-corrected chi connectivity index (χ4v) is 9.59. The SMILES string of the molecule is C[C@]12CC[C@@H](O)CC1=CC[C@@H]1[C@@H]2CC[C@]2(C)C([C@]3(C)CN[C@@H](Cc4ccccc4)C(=O)O3)CC[C@@H]12. The fourth-order valence-electron chi connectivity index (χ4n) is 9.59. The first-order valence-corrected chi connectivity index (χ1v) is 14.1. The van der Waals surface area contributed by atoms with Crippen molar-refractivity contribution in [2.24, 2.45) is 34.5 Å². The van der Waals surface area contributed by atoms with E-state index in [1.165, 1.54) is 36.8 Å². The molecule has 0 spiro atoms. The number of nitrogens with one attached hydrogen (secondary N) is 1. The van der Waals surface area contributed by atoms with Gasteiger partial charge in [-0.2, -0.15) is 0 Å². The number of hydrogen-bond acceptors (Lipinski definition) is 4. The van der Waals surface area contributed by atoms with Crippen LogP contribution >= 0.6 is 0 Å². The van der Waals surface area contributed by atoms with Gasteiger partial charge >= 0.3 is 5.97 Å². The summed E-state index contributed by atoms with van der Waals surface area (Å²) in [6.07, 6.45) is 12.1. The second-order valence-electron chi connectivity index (χ2n) is 13.2. The third-order valence-electron chi connectivity index (χ3n) is 11.4. The van der Waals surface area contributed by atoms with E-state index in [0.29, 0.717) is 18.3 Å². The summed E-state index contributed by atoms with van der Waals surface area (Å²) in [4.78, 5) is 13.2. The Morgan fingerprint density at radius 1 is 1.03 bits per heavy atom. The maximum Gasteiger partial charge on any atom is 0.324 e. The highest BCUT2D eigenvalue weighted by Gasteiger charge is 2.63. The minimum Gasteiger partial charge on any atom is -0.457 e. The molecule has 0 bridgehead atoms. The molecule has 2 N–H and O–H groups in total. The quantitative estimate of drug-likeness (QED) is 0.449. The van der Waals surface area contributed by atoms with E-state index in [4.69, 9.17) is 4.74 Å². The molecule has 1 aromatic rings. The predicted molar refractivity (Wildman–Crippen MR) is 138 cm³/mol. The van der Waals surface area contributed by atoms with Gasteiger partial charge in [-0.05, 0) is 98.9 Å². The van der Waals surface area contributed by atoms with Gasteiger partial charge < -0.3 is 15.2 Å². The van der Waals surface area contributed by atoms with Gasteiger partial charge in [-0.3, -0.25) is 4.79 Å². The van der Waals surface area contributed by atoms with E-state index in [-0.39, 0.29) is 28.9 Å². The molecule has 0 radical (unpaired) electrons. The van der Waals surface area contributed by atoms with Crippen molar-refractivity contribution in [3.05, 3.63) is 47.5 Å². The van der Waals surface area contributed by atoms with Gasteiger partial charge in [-0.15, -0.1) is 0 Å². The van der Waals surface area contributed by atoms with Crippen molar-refractivity contribution in [3.8, 4) is 0 Å². The zero-order chi connectivity index (χ0) is 24.4. The first-order valence-electron chi connectivity index (χ1n) is 14.1. The number of benzene rings is 1. The van der Waals surface area contributed by atoms with Gasteiger partial charge in [-0.25, -0.2) is 0 Å². The molecule has 0 aromatic heterocycles. The molecular weight excluding hydrogens is 434 g/mol. The first kappa shape index (κ1) is 23.7. The van der Waals surface area contributed by atoms with Gasteiger partial charge in [0, 0.05) is 12.5 Å². The molecule has 5 aliphatic rings. The molecule has 6 rings (SSSR count). The molecule has 1 aromatic carbocycles. The Morgan fingerprint density at radius 2 is 1.83 bits per heavy atom. The number of rotatable bonds is 3. The summed E-state index contributed by atoms with van der Waals surface area (Å²) >= 11 is 0.